The molecule has 2 N–H and O–H groups in total. The topological polar surface area (TPSA) is 47.6 Å². The number of amides is 2. The van der Waals surface area contributed by atoms with Gasteiger partial charge in [0.2, 0.25) is 0 Å². The Morgan fingerprint density at radius 3 is 2.67 bits per heavy atom. The maximum atomic E-state index is 11.7. The molecule has 1 saturated carbocycles. The van der Waals surface area contributed by atoms with Gasteiger partial charge in [0.25, 0.3) is 0 Å². The Bertz CT molecular complexity index is 795. The number of carbonyl (C=O) groups excluding carboxylic acids is 1. The fourth-order valence-electron chi connectivity index (χ4n) is 3.83. The monoisotopic (exact) mass is 417 g/mol. The van der Waals surface area contributed by atoms with Gasteiger partial charge in [-0.25, -0.2) is 4.79 Å². The van der Waals surface area contributed by atoms with Crippen molar-refractivity contribution in [2.45, 2.75) is 38.1 Å². The number of hydrogen-bond donors (Lipinski definition) is 2. The van der Waals surface area contributed by atoms with Crippen LogP contribution >= 0.6 is 23.2 Å². The number of carbonyl (C=O) groups is 1. The van der Waals surface area contributed by atoms with Crippen molar-refractivity contribution in [3.05, 3.63) is 28.2 Å². The molecule has 0 aromatic heterocycles. The summed E-state index contributed by atoms with van der Waals surface area (Å²) in [5.74, 6) is 0.231. The number of hydrogen-bond acceptors (Lipinski definition) is 3. The molecule has 1 aromatic rings. The van der Waals surface area contributed by atoms with E-state index in [1.165, 1.54) is 0 Å². The second-order valence-electron chi connectivity index (χ2n) is 7.23. The predicted octanol–water partition coefficient (Wildman–Crippen LogP) is 3.99. The molecule has 0 bridgehead atoms. The van der Waals surface area contributed by atoms with Crippen LogP contribution in [0.15, 0.2) is 18.2 Å². The van der Waals surface area contributed by atoms with Gasteiger partial charge in [0.1, 0.15) is 0 Å². The number of rotatable bonds is 5. The molecule has 150 valence electrons. The number of anilines is 1. The molecule has 1 aliphatic carbocycles. The van der Waals surface area contributed by atoms with Crippen LogP contribution in [0.1, 0.15) is 39.0 Å². The third kappa shape index (κ3) is 5.66. The van der Waals surface area contributed by atoms with Gasteiger partial charge in [-0.3, -0.25) is 4.90 Å². The molecule has 7 heteroatoms. The van der Waals surface area contributed by atoms with E-state index in [-0.39, 0.29) is 12.0 Å². The molecule has 0 unspecified atom stereocenters. The van der Waals surface area contributed by atoms with Crippen LogP contribution in [0.25, 0.3) is 0 Å². The Hall–Kier alpha value is -1.17. The minimum absolute atomic E-state index is 0.0783. The van der Waals surface area contributed by atoms with Gasteiger partial charge in [-0.2, -0.15) is 0 Å². The van der Waals surface area contributed by atoms with E-state index in [0.717, 1.165) is 31.4 Å². The van der Waals surface area contributed by atoms with Crippen molar-refractivity contribution in [3.8, 4) is 0 Å². The fourth-order valence-corrected chi connectivity index (χ4v) is 4.25. The molecule has 0 atom stereocenters. The first kappa shape index (κ1) is 14.8. The van der Waals surface area contributed by atoms with Crippen LogP contribution in [0.3, 0.4) is 0 Å². The lowest BCUT2D eigenvalue weighted by Crippen LogP contribution is -2.47. The summed E-state index contributed by atoms with van der Waals surface area (Å²) < 4.78 is 38.6. The lowest BCUT2D eigenvalue weighted by molar-refractivity contribution is 0.206. The van der Waals surface area contributed by atoms with E-state index in [1.54, 1.807) is 6.07 Å². The van der Waals surface area contributed by atoms with E-state index in [1.807, 2.05) is 22.3 Å². The zero-order valence-corrected chi connectivity index (χ0v) is 16.8. The molecule has 1 aromatic carbocycles. The van der Waals surface area contributed by atoms with Gasteiger partial charge in [0, 0.05) is 46.1 Å². The van der Waals surface area contributed by atoms with Gasteiger partial charge in [0.15, 0.2) is 0 Å². The second kappa shape index (κ2) is 9.85. The molecule has 2 aliphatic rings. The third-order valence-electron chi connectivity index (χ3n) is 5.45. The van der Waals surface area contributed by atoms with E-state index < -0.39 is 19.5 Å². The highest BCUT2D eigenvalue weighted by Gasteiger charge is 2.24. The van der Waals surface area contributed by atoms with Gasteiger partial charge in [-0.05, 0) is 56.7 Å². The average Bonchev–Trinajstić information content (AvgIpc) is 2.70. The van der Waals surface area contributed by atoms with Crippen molar-refractivity contribution in [1.82, 2.24) is 15.5 Å². The average molecular weight is 418 g/mol. The second-order valence-corrected chi connectivity index (χ2v) is 8.01. The van der Waals surface area contributed by atoms with E-state index in [0.29, 0.717) is 42.6 Å². The van der Waals surface area contributed by atoms with E-state index in [4.69, 9.17) is 30.1 Å². The number of urea groups is 1. The summed E-state index contributed by atoms with van der Waals surface area (Å²) in [7, 11) is 0. The molecule has 2 amide bonds. The van der Waals surface area contributed by atoms with Gasteiger partial charge in [-0.15, -0.1) is 0 Å². The van der Waals surface area contributed by atoms with Crippen molar-refractivity contribution >= 4 is 34.9 Å². The van der Waals surface area contributed by atoms with Crippen molar-refractivity contribution in [2.75, 3.05) is 44.6 Å². The molecule has 0 radical (unpaired) electrons. The number of halogens is 2. The SMILES string of the molecule is [2H]C([2H])([2H])NC(=O)NC1CCC(CC([2H])([2H])N2CCN(c3cccc(Cl)c3Cl)CC2)CC1. The molecule has 1 aliphatic heterocycles. The Morgan fingerprint density at radius 1 is 1.22 bits per heavy atom. The summed E-state index contributed by atoms with van der Waals surface area (Å²) in [5, 5.41) is 5.70. The minimum Gasteiger partial charge on any atom is -0.368 e. The Morgan fingerprint density at radius 2 is 1.96 bits per heavy atom. The van der Waals surface area contributed by atoms with Gasteiger partial charge in [0.05, 0.1) is 15.7 Å². The molecule has 3 rings (SSSR count). The first-order valence-corrected chi connectivity index (χ1v) is 10.2. The summed E-state index contributed by atoms with van der Waals surface area (Å²) in [5.41, 5.74) is 0.882. The van der Waals surface area contributed by atoms with Crippen LogP contribution in [0.2, 0.25) is 10.0 Å². The van der Waals surface area contributed by atoms with Gasteiger partial charge >= 0.3 is 6.03 Å². The summed E-state index contributed by atoms with van der Waals surface area (Å²) in [4.78, 5) is 15.8. The highest BCUT2D eigenvalue weighted by atomic mass is 35.5. The first-order chi connectivity index (χ1) is 14.9. The molecule has 5 nitrogen and oxygen atoms in total. The summed E-state index contributed by atoms with van der Waals surface area (Å²) in [6.07, 6.45) is 3.48. The quantitative estimate of drug-likeness (QED) is 0.760. The van der Waals surface area contributed by atoms with Crippen molar-refractivity contribution < 1.29 is 11.6 Å². The Labute approximate surface area is 179 Å². The molecule has 1 heterocycles. The van der Waals surface area contributed by atoms with Crippen LogP contribution in [-0.4, -0.2) is 56.6 Å². The summed E-state index contributed by atoms with van der Waals surface area (Å²) in [6.45, 7) is -1.36. The lowest BCUT2D eigenvalue weighted by Gasteiger charge is -2.37. The molecule has 27 heavy (non-hydrogen) atoms. The standard InChI is InChI=1S/C20H30Cl2N4O/c1-23-20(27)24-16-7-5-15(6-8-16)9-10-25-11-13-26(14-12-25)18-4-2-3-17(21)19(18)22/h2-4,15-16H,5-14H2,1H3,(H2,23,24,27)/i1D3,10D2. The Balaban J connectivity index is 1.45. The maximum Gasteiger partial charge on any atom is 0.314 e. The van der Waals surface area contributed by atoms with Crippen molar-refractivity contribution in [1.29, 1.82) is 0 Å². The van der Waals surface area contributed by atoms with Crippen LogP contribution in [0.4, 0.5) is 10.5 Å². The molecule has 0 spiro atoms. The van der Waals surface area contributed by atoms with Gasteiger partial charge in [-0.1, -0.05) is 29.3 Å². The van der Waals surface area contributed by atoms with Crippen LogP contribution < -0.4 is 15.5 Å². The van der Waals surface area contributed by atoms with E-state index >= 15 is 0 Å². The first-order valence-electron chi connectivity index (χ1n) is 12.0. The molecular formula is C20H30Cl2N4O. The normalized spacial score (nSPS) is 27.6. The zero-order chi connectivity index (χ0) is 23.5. The van der Waals surface area contributed by atoms with E-state index in [9.17, 15) is 4.79 Å². The van der Waals surface area contributed by atoms with Crippen LogP contribution in [-0.2, 0) is 0 Å². The van der Waals surface area contributed by atoms with E-state index in [2.05, 4.69) is 10.2 Å². The maximum absolute atomic E-state index is 11.7. The fraction of sp³-hybridized carbons (Fsp3) is 0.650. The third-order valence-corrected chi connectivity index (χ3v) is 6.26. The van der Waals surface area contributed by atoms with Crippen LogP contribution in [0, 0.1) is 5.92 Å². The smallest absolute Gasteiger partial charge is 0.314 e. The zero-order valence-electron chi connectivity index (χ0n) is 20.3. The van der Waals surface area contributed by atoms with Crippen LogP contribution in [0.5, 0.6) is 0 Å². The van der Waals surface area contributed by atoms with Crippen molar-refractivity contribution in [2.24, 2.45) is 5.92 Å². The number of nitrogens with zero attached hydrogens (tertiary/aromatic N) is 2. The lowest BCUT2D eigenvalue weighted by atomic mass is 9.84. The highest BCUT2D eigenvalue weighted by Crippen LogP contribution is 2.33. The van der Waals surface area contributed by atoms with Crippen molar-refractivity contribution in [3.63, 3.8) is 0 Å². The largest absolute Gasteiger partial charge is 0.368 e. The highest BCUT2D eigenvalue weighted by molar-refractivity contribution is 6.43. The molecule has 2 fully saturated rings. The Kier molecular flexibility index (Phi) is 5.39. The molecule has 1 saturated heterocycles. The van der Waals surface area contributed by atoms with Gasteiger partial charge < -0.3 is 15.5 Å². The number of benzene rings is 1. The summed E-state index contributed by atoms with van der Waals surface area (Å²) in [6, 6.07) is 4.80. The summed E-state index contributed by atoms with van der Waals surface area (Å²) >= 11 is 12.5. The number of piperazine rings is 1. The number of nitrogens with one attached hydrogen (secondary N) is 2. The predicted molar refractivity (Wildman–Crippen MR) is 113 cm³/mol. The minimum atomic E-state index is -2.50. The molecular weight excluding hydrogens is 383 g/mol.